The second-order valence-electron chi connectivity index (χ2n) is 8.64. The standard InChI is InChI=1S/C23H27N7O2/c1-15-5-4-6-19(16(15)2)30-13-17(11-20(30)31)23(32)29-9-7-28(8-10-29)22-18-12-26-27(3)21(18)24-14-25-22/h4-6,12,14,17H,7-11,13H2,1-3H3/t17-/m1/s1. The zero-order valence-corrected chi connectivity index (χ0v) is 18.7. The fourth-order valence-electron chi connectivity index (χ4n) is 4.73. The number of nitrogens with zero attached hydrogens (tertiary/aromatic N) is 7. The quantitative estimate of drug-likeness (QED) is 0.625. The number of benzene rings is 1. The fraction of sp³-hybridized carbons (Fsp3) is 0.435. The van der Waals surface area contributed by atoms with Crippen molar-refractivity contribution in [2.45, 2.75) is 20.3 Å². The molecule has 2 fully saturated rings. The van der Waals surface area contributed by atoms with Crippen LogP contribution in [0.2, 0.25) is 0 Å². The molecular formula is C23H27N7O2. The first kappa shape index (κ1) is 20.4. The molecule has 0 saturated carbocycles. The zero-order valence-electron chi connectivity index (χ0n) is 18.7. The van der Waals surface area contributed by atoms with Crippen LogP contribution in [0.4, 0.5) is 11.5 Å². The first-order chi connectivity index (χ1) is 15.4. The number of hydrogen-bond acceptors (Lipinski definition) is 6. The summed E-state index contributed by atoms with van der Waals surface area (Å²) >= 11 is 0. The highest BCUT2D eigenvalue weighted by molar-refractivity contribution is 6.01. The molecule has 2 aliphatic heterocycles. The monoisotopic (exact) mass is 433 g/mol. The third-order valence-electron chi connectivity index (χ3n) is 6.74. The van der Waals surface area contributed by atoms with Crippen molar-refractivity contribution in [2.75, 3.05) is 42.5 Å². The molecule has 0 aliphatic carbocycles. The van der Waals surface area contributed by atoms with Crippen molar-refractivity contribution in [2.24, 2.45) is 13.0 Å². The lowest BCUT2D eigenvalue weighted by molar-refractivity contribution is -0.136. The zero-order chi connectivity index (χ0) is 22.4. The van der Waals surface area contributed by atoms with Crippen molar-refractivity contribution in [1.82, 2.24) is 24.6 Å². The number of aryl methyl sites for hydroxylation is 2. The van der Waals surface area contributed by atoms with E-state index in [1.54, 1.807) is 22.1 Å². The first-order valence-electron chi connectivity index (χ1n) is 11.0. The molecule has 3 aromatic rings. The van der Waals surface area contributed by atoms with E-state index < -0.39 is 0 Å². The predicted molar refractivity (Wildman–Crippen MR) is 121 cm³/mol. The normalized spacial score (nSPS) is 19.3. The smallest absolute Gasteiger partial charge is 0.228 e. The van der Waals surface area contributed by atoms with E-state index in [9.17, 15) is 9.59 Å². The lowest BCUT2D eigenvalue weighted by atomic mass is 10.1. The van der Waals surface area contributed by atoms with Crippen molar-refractivity contribution in [3.63, 3.8) is 0 Å². The summed E-state index contributed by atoms with van der Waals surface area (Å²) < 4.78 is 1.74. The lowest BCUT2D eigenvalue weighted by Crippen LogP contribution is -2.51. The maximum atomic E-state index is 13.2. The molecule has 166 valence electrons. The Morgan fingerprint density at radius 2 is 1.88 bits per heavy atom. The topological polar surface area (TPSA) is 87.5 Å². The Morgan fingerprint density at radius 1 is 1.09 bits per heavy atom. The van der Waals surface area contributed by atoms with E-state index >= 15 is 0 Å². The highest BCUT2D eigenvalue weighted by Crippen LogP contribution is 2.31. The minimum atomic E-state index is -0.293. The number of hydrogen-bond donors (Lipinski definition) is 0. The van der Waals surface area contributed by atoms with E-state index in [-0.39, 0.29) is 24.2 Å². The Hall–Kier alpha value is -3.49. The molecule has 9 nitrogen and oxygen atoms in total. The van der Waals surface area contributed by atoms with Crippen LogP contribution in [-0.2, 0) is 16.6 Å². The molecule has 2 saturated heterocycles. The van der Waals surface area contributed by atoms with Gasteiger partial charge in [-0.05, 0) is 31.0 Å². The minimum absolute atomic E-state index is 0.0237. The lowest BCUT2D eigenvalue weighted by Gasteiger charge is -2.36. The molecule has 32 heavy (non-hydrogen) atoms. The van der Waals surface area contributed by atoms with Gasteiger partial charge in [0.2, 0.25) is 11.8 Å². The number of fused-ring (bicyclic) bond motifs is 1. The molecule has 1 atom stereocenters. The number of piperazine rings is 1. The van der Waals surface area contributed by atoms with E-state index in [1.165, 1.54) is 0 Å². The van der Waals surface area contributed by atoms with Gasteiger partial charge in [-0.2, -0.15) is 5.10 Å². The molecule has 2 aromatic heterocycles. The number of carbonyl (C=O) groups is 2. The van der Waals surface area contributed by atoms with Gasteiger partial charge in [-0.25, -0.2) is 9.97 Å². The molecule has 9 heteroatoms. The summed E-state index contributed by atoms with van der Waals surface area (Å²) in [4.78, 5) is 40.6. The Bertz CT molecular complexity index is 1200. The predicted octanol–water partition coefficient (Wildman–Crippen LogP) is 1.68. The summed E-state index contributed by atoms with van der Waals surface area (Å²) in [6.45, 7) is 7.11. The minimum Gasteiger partial charge on any atom is -0.352 e. The number of carbonyl (C=O) groups excluding carboxylic acids is 2. The van der Waals surface area contributed by atoms with Gasteiger partial charge < -0.3 is 14.7 Å². The summed E-state index contributed by atoms with van der Waals surface area (Å²) in [6, 6.07) is 5.97. The summed E-state index contributed by atoms with van der Waals surface area (Å²) in [5, 5.41) is 5.20. The van der Waals surface area contributed by atoms with E-state index in [4.69, 9.17) is 0 Å². The van der Waals surface area contributed by atoms with Crippen LogP contribution in [0, 0.1) is 19.8 Å². The van der Waals surface area contributed by atoms with Gasteiger partial charge in [0.05, 0.1) is 17.5 Å². The molecule has 0 spiro atoms. The van der Waals surface area contributed by atoms with Crippen molar-refractivity contribution in [3.8, 4) is 0 Å². The van der Waals surface area contributed by atoms with Crippen LogP contribution in [0.3, 0.4) is 0 Å². The third-order valence-corrected chi connectivity index (χ3v) is 6.74. The van der Waals surface area contributed by atoms with Crippen LogP contribution in [-0.4, -0.2) is 69.2 Å². The first-order valence-corrected chi connectivity index (χ1v) is 11.0. The highest BCUT2D eigenvalue weighted by atomic mass is 16.2. The molecule has 2 amide bonds. The Labute approximate surface area is 186 Å². The van der Waals surface area contributed by atoms with Gasteiger partial charge >= 0.3 is 0 Å². The van der Waals surface area contributed by atoms with Gasteiger partial charge in [0.1, 0.15) is 12.1 Å². The van der Waals surface area contributed by atoms with Gasteiger partial charge in [-0.3, -0.25) is 14.3 Å². The van der Waals surface area contributed by atoms with Crippen LogP contribution in [0.1, 0.15) is 17.5 Å². The van der Waals surface area contributed by atoms with Gasteiger partial charge in [0.25, 0.3) is 0 Å². The second kappa shape index (κ2) is 7.89. The highest BCUT2D eigenvalue weighted by Gasteiger charge is 2.38. The maximum absolute atomic E-state index is 13.2. The van der Waals surface area contributed by atoms with E-state index in [0.717, 1.165) is 33.7 Å². The number of aromatic nitrogens is 4. The Balaban J connectivity index is 1.26. The maximum Gasteiger partial charge on any atom is 0.228 e. The number of rotatable bonds is 3. The molecular weight excluding hydrogens is 406 g/mol. The van der Waals surface area contributed by atoms with Crippen molar-refractivity contribution >= 4 is 34.4 Å². The van der Waals surface area contributed by atoms with Crippen molar-refractivity contribution in [1.29, 1.82) is 0 Å². The van der Waals surface area contributed by atoms with Gasteiger partial charge in [0.15, 0.2) is 5.65 Å². The van der Waals surface area contributed by atoms with E-state index in [1.807, 2.05) is 44.0 Å². The van der Waals surface area contributed by atoms with Gasteiger partial charge in [-0.15, -0.1) is 0 Å². The van der Waals surface area contributed by atoms with Crippen LogP contribution in [0.25, 0.3) is 11.0 Å². The van der Waals surface area contributed by atoms with E-state index in [2.05, 4.69) is 20.0 Å². The van der Waals surface area contributed by atoms with Crippen molar-refractivity contribution < 1.29 is 9.59 Å². The molecule has 4 heterocycles. The molecule has 1 aromatic carbocycles. The van der Waals surface area contributed by atoms with Gasteiger partial charge in [0, 0.05) is 51.9 Å². The van der Waals surface area contributed by atoms with E-state index in [0.29, 0.717) is 32.7 Å². The molecule has 2 aliphatic rings. The summed E-state index contributed by atoms with van der Waals surface area (Å²) in [6.07, 6.45) is 3.62. The number of amides is 2. The average Bonchev–Trinajstić information content (AvgIpc) is 3.38. The molecule has 0 radical (unpaired) electrons. The fourth-order valence-corrected chi connectivity index (χ4v) is 4.73. The number of anilines is 2. The third kappa shape index (κ3) is 3.37. The summed E-state index contributed by atoms with van der Waals surface area (Å²) in [7, 11) is 1.86. The second-order valence-corrected chi connectivity index (χ2v) is 8.64. The van der Waals surface area contributed by atoms with Crippen LogP contribution < -0.4 is 9.80 Å². The van der Waals surface area contributed by atoms with Crippen LogP contribution in [0.15, 0.2) is 30.7 Å². The van der Waals surface area contributed by atoms with Gasteiger partial charge in [-0.1, -0.05) is 12.1 Å². The summed E-state index contributed by atoms with van der Waals surface area (Å²) in [5.41, 5.74) is 3.95. The Morgan fingerprint density at radius 3 is 2.66 bits per heavy atom. The van der Waals surface area contributed by atoms with Crippen LogP contribution in [0.5, 0.6) is 0 Å². The van der Waals surface area contributed by atoms with Crippen molar-refractivity contribution in [3.05, 3.63) is 41.9 Å². The SMILES string of the molecule is Cc1cccc(N2C[C@H](C(=O)N3CCN(c4ncnc5c4cnn5C)CC3)CC2=O)c1C. The summed E-state index contributed by atoms with van der Waals surface area (Å²) in [5.74, 6) is 0.654. The molecule has 0 N–H and O–H groups in total. The largest absolute Gasteiger partial charge is 0.352 e. The average molecular weight is 434 g/mol. The molecule has 5 rings (SSSR count). The Kier molecular flexibility index (Phi) is 5.03. The molecule has 0 bridgehead atoms. The molecule has 0 unspecified atom stereocenters. The van der Waals surface area contributed by atoms with Crippen LogP contribution >= 0.6 is 0 Å².